The number of alkyl halides is 3. The number of halogens is 3. The highest BCUT2D eigenvalue weighted by molar-refractivity contribution is 5.82. The van der Waals surface area contributed by atoms with Crippen LogP contribution in [-0.2, 0) is 14.3 Å². The van der Waals surface area contributed by atoms with Gasteiger partial charge in [0.25, 0.3) is 0 Å². The van der Waals surface area contributed by atoms with Gasteiger partial charge in [0.15, 0.2) is 0 Å². The lowest BCUT2D eigenvalue weighted by Gasteiger charge is -2.26. The summed E-state index contributed by atoms with van der Waals surface area (Å²) < 4.78 is 40.4. The SMILES string of the molecule is O=C(CCNC(=O)C(F)(F)F)N1CCOCC1. The molecule has 0 aromatic rings. The zero-order valence-electron chi connectivity index (χ0n) is 9.05. The number of ether oxygens (including phenoxy) is 1. The molecule has 8 heteroatoms. The van der Waals surface area contributed by atoms with Gasteiger partial charge < -0.3 is 15.0 Å². The number of hydrogen-bond donors (Lipinski definition) is 1. The van der Waals surface area contributed by atoms with E-state index in [1.807, 2.05) is 0 Å². The van der Waals surface area contributed by atoms with Gasteiger partial charge in [-0.25, -0.2) is 0 Å². The Balaban J connectivity index is 2.22. The fraction of sp³-hybridized carbons (Fsp3) is 0.778. The summed E-state index contributed by atoms with van der Waals surface area (Å²) in [4.78, 5) is 23.4. The molecule has 1 N–H and O–H groups in total. The van der Waals surface area contributed by atoms with Crippen molar-refractivity contribution < 1.29 is 27.5 Å². The molecule has 0 aromatic heterocycles. The highest BCUT2D eigenvalue weighted by Crippen LogP contribution is 2.13. The van der Waals surface area contributed by atoms with Crippen molar-refractivity contribution >= 4 is 11.8 Å². The van der Waals surface area contributed by atoms with Crippen LogP contribution in [0.3, 0.4) is 0 Å². The van der Waals surface area contributed by atoms with Crippen LogP contribution in [0.2, 0.25) is 0 Å². The Labute approximate surface area is 95.9 Å². The molecule has 1 fully saturated rings. The zero-order chi connectivity index (χ0) is 12.9. The standard InChI is InChI=1S/C9H13F3N2O3/c10-9(11,12)8(16)13-2-1-7(15)14-3-5-17-6-4-14/h1-6H2,(H,13,16). The average Bonchev–Trinajstić information content (AvgIpc) is 2.28. The normalized spacial score (nSPS) is 16.8. The van der Waals surface area contributed by atoms with E-state index in [1.54, 1.807) is 5.32 Å². The Hall–Kier alpha value is -1.31. The molecule has 1 aliphatic heterocycles. The maximum atomic E-state index is 11.8. The minimum Gasteiger partial charge on any atom is -0.378 e. The number of carbonyl (C=O) groups excluding carboxylic acids is 2. The van der Waals surface area contributed by atoms with Crippen molar-refractivity contribution in [3.8, 4) is 0 Å². The minimum atomic E-state index is -4.90. The van der Waals surface area contributed by atoms with E-state index in [2.05, 4.69) is 0 Å². The molecule has 0 aliphatic carbocycles. The highest BCUT2D eigenvalue weighted by Gasteiger charge is 2.38. The van der Waals surface area contributed by atoms with Gasteiger partial charge in [0.1, 0.15) is 0 Å². The van der Waals surface area contributed by atoms with Crippen LogP contribution in [0.15, 0.2) is 0 Å². The van der Waals surface area contributed by atoms with Gasteiger partial charge in [0.05, 0.1) is 13.2 Å². The van der Waals surface area contributed by atoms with Gasteiger partial charge in [-0.2, -0.15) is 13.2 Å². The summed E-state index contributed by atoms with van der Waals surface area (Å²) in [6.45, 7) is 1.42. The lowest BCUT2D eigenvalue weighted by atomic mass is 10.3. The van der Waals surface area contributed by atoms with Crippen molar-refractivity contribution in [3.05, 3.63) is 0 Å². The molecule has 2 amide bonds. The number of amides is 2. The molecule has 0 bridgehead atoms. The number of hydrogen-bond acceptors (Lipinski definition) is 3. The van der Waals surface area contributed by atoms with Gasteiger partial charge in [-0.3, -0.25) is 9.59 Å². The van der Waals surface area contributed by atoms with Crippen molar-refractivity contribution in [2.75, 3.05) is 32.8 Å². The lowest BCUT2D eigenvalue weighted by Crippen LogP contribution is -2.43. The van der Waals surface area contributed by atoms with E-state index in [0.29, 0.717) is 26.3 Å². The van der Waals surface area contributed by atoms with E-state index in [-0.39, 0.29) is 18.9 Å². The van der Waals surface area contributed by atoms with Gasteiger partial charge >= 0.3 is 12.1 Å². The average molecular weight is 254 g/mol. The van der Waals surface area contributed by atoms with Crippen LogP contribution in [0.5, 0.6) is 0 Å². The molecule has 0 radical (unpaired) electrons. The number of carbonyl (C=O) groups is 2. The van der Waals surface area contributed by atoms with Crippen LogP contribution < -0.4 is 5.32 Å². The Bertz CT molecular complexity index is 288. The van der Waals surface area contributed by atoms with Crippen molar-refractivity contribution in [2.45, 2.75) is 12.6 Å². The first kappa shape index (κ1) is 13.8. The quantitative estimate of drug-likeness (QED) is 0.766. The molecular formula is C9H13F3N2O3. The van der Waals surface area contributed by atoms with E-state index < -0.39 is 12.1 Å². The molecule has 1 aliphatic rings. The molecule has 0 aromatic carbocycles. The maximum Gasteiger partial charge on any atom is 0.471 e. The summed E-state index contributed by atoms with van der Waals surface area (Å²) in [7, 11) is 0. The van der Waals surface area contributed by atoms with Gasteiger partial charge in [-0.05, 0) is 0 Å². The summed E-state index contributed by atoms with van der Waals surface area (Å²) >= 11 is 0. The molecular weight excluding hydrogens is 241 g/mol. The molecule has 0 spiro atoms. The van der Waals surface area contributed by atoms with E-state index >= 15 is 0 Å². The summed E-state index contributed by atoms with van der Waals surface area (Å²) in [6.07, 6.45) is -5.04. The zero-order valence-corrected chi connectivity index (χ0v) is 9.05. The molecule has 1 saturated heterocycles. The first-order valence-corrected chi connectivity index (χ1v) is 5.12. The Morgan fingerprint density at radius 3 is 2.35 bits per heavy atom. The van der Waals surface area contributed by atoms with Gasteiger partial charge in [-0.1, -0.05) is 0 Å². The third-order valence-corrected chi connectivity index (χ3v) is 2.25. The number of morpholine rings is 1. The second kappa shape index (κ2) is 5.85. The number of nitrogens with one attached hydrogen (secondary N) is 1. The molecule has 0 saturated carbocycles. The Morgan fingerprint density at radius 1 is 1.24 bits per heavy atom. The van der Waals surface area contributed by atoms with Crippen molar-refractivity contribution in [2.24, 2.45) is 0 Å². The van der Waals surface area contributed by atoms with Crippen molar-refractivity contribution in [1.82, 2.24) is 10.2 Å². The predicted octanol–water partition coefficient (Wildman–Crippen LogP) is -0.0862. The second-order valence-electron chi connectivity index (χ2n) is 3.50. The van der Waals surface area contributed by atoms with E-state index in [1.165, 1.54) is 4.90 Å². The van der Waals surface area contributed by atoms with Gasteiger partial charge in [0, 0.05) is 26.1 Å². The third kappa shape index (κ3) is 4.59. The van der Waals surface area contributed by atoms with Crippen LogP contribution in [0.25, 0.3) is 0 Å². The van der Waals surface area contributed by atoms with E-state index in [9.17, 15) is 22.8 Å². The molecule has 1 heterocycles. The summed E-state index contributed by atoms with van der Waals surface area (Å²) in [6, 6.07) is 0. The Morgan fingerprint density at radius 2 is 1.82 bits per heavy atom. The first-order valence-electron chi connectivity index (χ1n) is 5.12. The van der Waals surface area contributed by atoms with E-state index in [0.717, 1.165) is 0 Å². The summed E-state index contributed by atoms with van der Waals surface area (Å²) in [5, 5.41) is 1.65. The molecule has 17 heavy (non-hydrogen) atoms. The van der Waals surface area contributed by atoms with Gasteiger partial charge in [-0.15, -0.1) is 0 Å². The largest absolute Gasteiger partial charge is 0.471 e. The van der Waals surface area contributed by atoms with Crippen LogP contribution in [0.4, 0.5) is 13.2 Å². The Kier molecular flexibility index (Phi) is 4.73. The lowest BCUT2D eigenvalue weighted by molar-refractivity contribution is -0.173. The first-order chi connectivity index (χ1) is 7.91. The second-order valence-corrected chi connectivity index (χ2v) is 3.50. The minimum absolute atomic E-state index is 0.137. The van der Waals surface area contributed by atoms with Crippen molar-refractivity contribution in [3.63, 3.8) is 0 Å². The maximum absolute atomic E-state index is 11.8. The van der Waals surface area contributed by atoms with Crippen molar-refractivity contribution in [1.29, 1.82) is 0 Å². The molecule has 5 nitrogen and oxygen atoms in total. The third-order valence-electron chi connectivity index (χ3n) is 2.25. The van der Waals surface area contributed by atoms with Crippen LogP contribution in [0, 0.1) is 0 Å². The van der Waals surface area contributed by atoms with Crippen LogP contribution in [-0.4, -0.2) is 55.7 Å². The predicted molar refractivity (Wildman–Crippen MR) is 51.1 cm³/mol. The molecule has 98 valence electrons. The molecule has 0 atom stereocenters. The number of rotatable bonds is 3. The number of nitrogens with zero attached hydrogens (tertiary/aromatic N) is 1. The smallest absolute Gasteiger partial charge is 0.378 e. The fourth-order valence-corrected chi connectivity index (χ4v) is 1.35. The highest BCUT2D eigenvalue weighted by atomic mass is 19.4. The fourth-order valence-electron chi connectivity index (χ4n) is 1.35. The molecule has 0 unspecified atom stereocenters. The van der Waals surface area contributed by atoms with Crippen LogP contribution >= 0.6 is 0 Å². The summed E-state index contributed by atoms with van der Waals surface area (Å²) in [5.41, 5.74) is 0. The van der Waals surface area contributed by atoms with Gasteiger partial charge in [0.2, 0.25) is 5.91 Å². The van der Waals surface area contributed by atoms with E-state index in [4.69, 9.17) is 4.74 Å². The summed E-state index contributed by atoms with van der Waals surface area (Å²) in [5.74, 6) is -2.30. The van der Waals surface area contributed by atoms with Crippen LogP contribution in [0.1, 0.15) is 6.42 Å². The topological polar surface area (TPSA) is 58.6 Å². The monoisotopic (exact) mass is 254 g/mol. The molecule has 1 rings (SSSR count).